The highest BCUT2D eigenvalue weighted by Gasteiger charge is 2.40. The fraction of sp³-hybridized carbons (Fsp3) is 0.786. The Balaban J connectivity index is 2.19. The van der Waals surface area contributed by atoms with Crippen LogP contribution in [0.4, 0.5) is 0 Å². The number of hydrogen-bond donors (Lipinski definition) is 3. The van der Waals surface area contributed by atoms with Gasteiger partial charge in [-0.25, -0.2) is 0 Å². The van der Waals surface area contributed by atoms with Crippen molar-refractivity contribution in [2.45, 2.75) is 199 Å². The fourth-order valence-electron chi connectivity index (χ4n) is 6.28. The number of allylic oxidation sites excluding steroid dienone is 8. The minimum Gasteiger partial charge on any atom is -0.370 e. The van der Waals surface area contributed by atoms with Crippen molar-refractivity contribution in [3.63, 3.8) is 0 Å². The predicted molar refractivity (Wildman–Crippen MR) is 206 cm³/mol. The molecule has 0 aromatic rings. The molecule has 5 nitrogen and oxygen atoms in total. The number of unbranched alkanes of at least 4 members (excludes halogenated alkanes) is 18. The summed E-state index contributed by atoms with van der Waals surface area (Å²) in [7, 11) is 0. The zero-order valence-electron chi connectivity index (χ0n) is 31.1. The highest BCUT2D eigenvalue weighted by atomic mass is 16.7. The quantitative estimate of drug-likeness (QED) is 0.0284. The third-order valence-corrected chi connectivity index (χ3v) is 9.21. The first-order valence-electron chi connectivity index (χ1n) is 20.1. The largest absolute Gasteiger partial charge is 0.370 e. The molecule has 4 N–H and O–H groups in total. The van der Waals surface area contributed by atoms with Gasteiger partial charge in [-0.1, -0.05) is 140 Å². The van der Waals surface area contributed by atoms with Gasteiger partial charge in [0.2, 0.25) is 0 Å². The molecule has 0 amide bonds. The van der Waals surface area contributed by atoms with E-state index in [1.165, 1.54) is 141 Å². The van der Waals surface area contributed by atoms with Gasteiger partial charge < -0.3 is 20.5 Å². The van der Waals surface area contributed by atoms with Crippen molar-refractivity contribution >= 4 is 5.96 Å². The minimum absolute atomic E-state index is 0.0258. The van der Waals surface area contributed by atoms with Gasteiger partial charge >= 0.3 is 0 Å². The van der Waals surface area contributed by atoms with Crippen LogP contribution in [0.2, 0.25) is 0 Å². The number of nitrogens with one attached hydrogen (secondary N) is 2. The van der Waals surface area contributed by atoms with E-state index >= 15 is 0 Å². The molecule has 0 bridgehead atoms. The average Bonchev–Trinajstić information content (AvgIpc) is 3.47. The molecule has 0 aromatic carbocycles. The number of rotatable bonds is 33. The van der Waals surface area contributed by atoms with Crippen molar-refractivity contribution in [3.05, 3.63) is 48.6 Å². The van der Waals surface area contributed by atoms with Crippen LogP contribution < -0.4 is 11.1 Å². The number of hydrogen-bond acceptors (Lipinski definition) is 3. The molecule has 1 atom stereocenters. The van der Waals surface area contributed by atoms with E-state index in [0.717, 1.165) is 32.1 Å². The fourth-order valence-corrected chi connectivity index (χ4v) is 6.28. The topological polar surface area (TPSA) is 80.4 Å². The first-order valence-corrected chi connectivity index (χ1v) is 20.1. The molecule has 47 heavy (non-hydrogen) atoms. The predicted octanol–water partition coefficient (Wildman–Crippen LogP) is 12.4. The maximum Gasteiger partial charge on any atom is 0.185 e. The van der Waals surface area contributed by atoms with Crippen molar-refractivity contribution in [1.29, 1.82) is 5.41 Å². The van der Waals surface area contributed by atoms with E-state index in [1.54, 1.807) is 0 Å². The average molecular weight is 656 g/mol. The SMILES string of the molecule is CCCCC/C=C\C/C=C\CCCCCCCCC1(CCCCCCCC/C=C\C/C=C\CCCCC)OCC(CCNC(=N)N)O1. The van der Waals surface area contributed by atoms with E-state index in [-0.39, 0.29) is 12.1 Å². The molecule has 1 rings (SSSR count). The van der Waals surface area contributed by atoms with Gasteiger partial charge in [-0.05, 0) is 83.5 Å². The molecular weight excluding hydrogens is 578 g/mol. The van der Waals surface area contributed by atoms with E-state index in [2.05, 4.69) is 67.8 Å². The lowest BCUT2D eigenvalue weighted by Gasteiger charge is -2.28. The lowest BCUT2D eigenvalue weighted by atomic mass is 9.98. The molecule has 0 saturated carbocycles. The second-order valence-electron chi connectivity index (χ2n) is 13.8. The van der Waals surface area contributed by atoms with E-state index < -0.39 is 5.79 Å². The van der Waals surface area contributed by atoms with Crippen LogP contribution in [-0.2, 0) is 9.47 Å². The summed E-state index contributed by atoms with van der Waals surface area (Å²) in [5.41, 5.74) is 5.47. The molecule has 1 aliphatic heterocycles. The molecule has 272 valence electrons. The molecule has 1 unspecified atom stereocenters. The van der Waals surface area contributed by atoms with E-state index in [4.69, 9.17) is 20.6 Å². The van der Waals surface area contributed by atoms with Crippen LogP contribution in [-0.4, -0.2) is 31.0 Å². The van der Waals surface area contributed by atoms with Crippen LogP contribution in [0, 0.1) is 5.41 Å². The van der Waals surface area contributed by atoms with E-state index in [0.29, 0.717) is 13.2 Å². The Morgan fingerprint density at radius 1 is 0.617 bits per heavy atom. The molecule has 1 fully saturated rings. The zero-order chi connectivity index (χ0) is 33.9. The molecular formula is C42H77N3O2. The van der Waals surface area contributed by atoms with Crippen molar-refractivity contribution < 1.29 is 9.47 Å². The standard InChI is InChI=1S/C42H77N3O2/c1-3-5-7-9-11-13-15-17-19-21-23-25-27-29-31-33-36-42(46-39-40(47-42)35-38-45-41(43)44)37-34-32-30-28-26-24-22-20-18-16-14-12-10-8-6-4-2/h11-14,17-20,40H,3-10,15-16,21-39H2,1-2H3,(H4,43,44,45)/b13-11-,14-12-,19-17-,20-18-. The molecule has 0 spiro atoms. The van der Waals surface area contributed by atoms with Gasteiger partial charge in [0.05, 0.1) is 12.7 Å². The summed E-state index contributed by atoms with van der Waals surface area (Å²) in [6.07, 6.45) is 52.0. The lowest BCUT2D eigenvalue weighted by Crippen LogP contribution is -2.34. The highest BCUT2D eigenvalue weighted by molar-refractivity contribution is 5.74. The Labute approximate surface area is 292 Å². The van der Waals surface area contributed by atoms with Gasteiger partial charge in [0, 0.05) is 19.4 Å². The van der Waals surface area contributed by atoms with Gasteiger partial charge in [0.25, 0.3) is 0 Å². The van der Waals surface area contributed by atoms with Crippen molar-refractivity contribution in [2.24, 2.45) is 5.73 Å². The first kappa shape index (κ1) is 43.2. The summed E-state index contributed by atoms with van der Waals surface area (Å²) in [5.74, 6) is -0.386. The summed E-state index contributed by atoms with van der Waals surface area (Å²) in [6.45, 7) is 5.84. The van der Waals surface area contributed by atoms with E-state index in [9.17, 15) is 0 Å². The van der Waals surface area contributed by atoms with Crippen LogP contribution in [0.1, 0.15) is 187 Å². The number of nitrogens with two attached hydrogens (primary N) is 1. The summed E-state index contributed by atoms with van der Waals surface area (Å²) in [5, 5.41) is 10.3. The first-order chi connectivity index (χ1) is 23.1. The number of ether oxygens (including phenoxy) is 2. The molecule has 1 saturated heterocycles. The molecule has 1 aliphatic rings. The molecule has 0 radical (unpaired) electrons. The summed E-state index contributed by atoms with van der Waals surface area (Å²) in [4.78, 5) is 0. The smallest absolute Gasteiger partial charge is 0.185 e. The van der Waals surface area contributed by atoms with Crippen molar-refractivity contribution in [1.82, 2.24) is 5.32 Å². The molecule has 0 aliphatic carbocycles. The van der Waals surface area contributed by atoms with Gasteiger partial charge in [0.15, 0.2) is 11.7 Å². The van der Waals surface area contributed by atoms with Gasteiger partial charge in [-0.3, -0.25) is 5.41 Å². The summed E-state index contributed by atoms with van der Waals surface area (Å²) < 4.78 is 13.0. The Kier molecular flexibility index (Phi) is 30.0. The normalized spacial score (nSPS) is 16.5. The monoisotopic (exact) mass is 656 g/mol. The van der Waals surface area contributed by atoms with Crippen LogP contribution in [0.5, 0.6) is 0 Å². The van der Waals surface area contributed by atoms with Gasteiger partial charge in [-0.15, -0.1) is 0 Å². The zero-order valence-corrected chi connectivity index (χ0v) is 31.1. The number of guanidine groups is 1. The molecule has 0 aromatic heterocycles. The lowest BCUT2D eigenvalue weighted by molar-refractivity contribution is -0.179. The Morgan fingerprint density at radius 3 is 1.45 bits per heavy atom. The Morgan fingerprint density at radius 2 is 1.02 bits per heavy atom. The van der Waals surface area contributed by atoms with Crippen LogP contribution in [0.15, 0.2) is 48.6 Å². The van der Waals surface area contributed by atoms with Crippen molar-refractivity contribution in [2.75, 3.05) is 13.2 Å². The minimum atomic E-state index is -0.411. The van der Waals surface area contributed by atoms with Gasteiger partial charge in [-0.2, -0.15) is 0 Å². The summed E-state index contributed by atoms with van der Waals surface area (Å²) in [6, 6.07) is 0. The third-order valence-electron chi connectivity index (χ3n) is 9.21. The third kappa shape index (κ3) is 27.8. The van der Waals surface area contributed by atoms with Gasteiger partial charge in [0.1, 0.15) is 0 Å². The molecule has 5 heteroatoms. The maximum absolute atomic E-state index is 7.41. The molecule has 1 heterocycles. The van der Waals surface area contributed by atoms with Crippen LogP contribution >= 0.6 is 0 Å². The summed E-state index contributed by atoms with van der Waals surface area (Å²) >= 11 is 0. The second-order valence-corrected chi connectivity index (χ2v) is 13.8. The highest BCUT2D eigenvalue weighted by Crippen LogP contribution is 2.35. The second kappa shape index (κ2) is 32.7. The van der Waals surface area contributed by atoms with Crippen LogP contribution in [0.25, 0.3) is 0 Å². The van der Waals surface area contributed by atoms with Crippen LogP contribution in [0.3, 0.4) is 0 Å². The Bertz CT molecular complexity index is 771. The van der Waals surface area contributed by atoms with E-state index in [1.807, 2.05) is 0 Å². The maximum atomic E-state index is 7.41. The Hall–Kier alpha value is -1.85. The van der Waals surface area contributed by atoms with Crippen molar-refractivity contribution in [3.8, 4) is 0 Å².